The molecule has 0 atom stereocenters. The molecule has 0 fully saturated rings. The molecular weight excluding hydrogens is 266 g/mol. The van der Waals surface area contributed by atoms with Gasteiger partial charge in [0.2, 0.25) is 10.0 Å². The number of aryl methyl sites for hydroxylation is 2. The summed E-state index contributed by atoms with van der Waals surface area (Å²) in [5, 5.41) is 6.64. The highest BCUT2D eigenvalue weighted by atomic mass is 32.2. The number of hydrogen-bond donors (Lipinski definition) is 1. The van der Waals surface area contributed by atoms with Crippen molar-refractivity contribution in [3.05, 3.63) is 35.5 Å². The second-order valence-corrected chi connectivity index (χ2v) is 6.15. The predicted molar refractivity (Wildman–Crippen MR) is 70.0 cm³/mol. The lowest BCUT2D eigenvalue weighted by atomic mass is 10.4. The Hall–Kier alpha value is -1.60. The summed E-state index contributed by atoms with van der Waals surface area (Å²) in [7, 11) is -3.57. The maximum absolute atomic E-state index is 12.6. The van der Waals surface area contributed by atoms with Gasteiger partial charge in [-0.3, -0.25) is 5.10 Å². The molecule has 6 nitrogen and oxygen atoms in total. The minimum absolute atomic E-state index is 0.218. The van der Waals surface area contributed by atoms with Crippen LogP contribution < -0.4 is 0 Å². The molecule has 0 aliphatic heterocycles. The average Bonchev–Trinajstić information content (AvgIpc) is 2.96. The Kier molecular flexibility index (Phi) is 3.77. The van der Waals surface area contributed by atoms with E-state index >= 15 is 0 Å². The van der Waals surface area contributed by atoms with Crippen molar-refractivity contribution in [3.63, 3.8) is 0 Å². The van der Waals surface area contributed by atoms with Gasteiger partial charge in [-0.05, 0) is 26.0 Å². The molecule has 0 aromatic carbocycles. The standard InChI is InChI=1S/C12H17N3O3S/c1-4-15(8-11-6-5-7-18-11)19(16,17)12-9(2)13-14-10(12)3/h5-7H,4,8H2,1-3H3,(H,13,14). The van der Waals surface area contributed by atoms with Gasteiger partial charge >= 0.3 is 0 Å². The maximum Gasteiger partial charge on any atom is 0.247 e. The molecule has 0 unspecified atom stereocenters. The molecule has 0 radical (unpaired) electrons. The molecule has 0 bridgehead atoms. The number of aromatic amines is 1. The molecular formula is C12H17N3O3S. The van der Waals surface area contributed by atoms with E-state index in [0.717, 1.165) is 0 Å². The number of nitrogens with one attached hydrogen (secondary N) is 1. The van der Waals surface area contributed by atoms with Gasteiger partial charge in [0.15, 0.2) is 0 Å². The van der Waals surface area contributed by atoms with Crippen molar-refractivity contribution in [3.8, 4) is 0 Å². The molecule has 0 aliphatic rings. The quantitative estimate of drug-likeness (QED) is 0.908. The monoisotopic (exact) mass is 283 g/mol. The van der Waals surface area contributed by atoms with Crippen molar-refractivity contribution in [1.82, 2.24) is 14.5 Å². The van der Waals surface area contributed by atoms with Gasteiger partial charge in [0.1, 0.15) is 10.7 Å². The summed E-state index contributed by atoms with van der Waals surface area (Å²) in [6, 6.07) is 3.50. The predicted octanol–water partition coefficient (Wildman–Crippen LogP) is 1.83. The lowest BCUT2D eigenvalue weighted by Crippen LogP contribution is -2.31. The van der Waals surface area contributed by atoms with Gasteiger partial charge < -0.3 is 4.42 Å². The highest BCUT2D eigenvalue weighted by molar-refractivity contribution is 7.89. The van der Waals surface area contributed by atoms with Gasteiger partial charge in [-0.15, -0.1) is 0 Å². The van der Waals surface area contributed by atoms with Gasteiger partial charge in [0.25, 0.3) is 0 Å². The fourth-order valence-electron chi connectivity index (χ4n) is 1.99. The molecule has 2 aromatic rings. The van der Waals surface area contributed by atoms with E-state index < -0.39 is 10.0 Å². The molecule has 1 N–H and O–H groups in total. The van der Waals surface area contributed by atoms with E-state index in [1.165, 1.54) is 10.6 Å². The second kappa shape index (κ2) is 5.18. The summed E-state index contributed by atoms with van der Waals surface area (Å²) >= 11 is 0. The zero-order valence-corrected chi connectivity index (χ0v) is 12.0. The number of nitrogens with zero attached hydrogens (tertiary/aromatic N) is 2. The normalized spacial score (nSPS) is 12.2. The van der Waals surface area contributed by atoms with Crippen LogP contribution in [0.4, 0.5) is 0 Å². The van der Waals surface area contributed by atoms with Gasteiger partial charge in [-0.1, -0.05) is 6.92 Å². The van der Waals surface area contributed by atoms with Crippen LogP contribution in [0.3, 0.4) is 0 Å². The smallest absolute Gasteiger partial charge is 0.247 e. The summed E-state index contributed by atoms with van der Waals surface area (Å²) in [5.74, 6) is 0.615. The van der Waals surface area contributed by atoms with Crippen molar-refractivity contribution in [2.45, 2.75) is 32.2 Å². The Morgan fingerprint density at radius 3 is 2.63 bits per heavy atom. The minimum Gasteiger partial charge on any atom is -0.468 e. The second-order valence-electron chi connectivity index (χ2n) is 4.27. The van der Waals surface area contributed by atoms with E-state index in [0.29, 0.717) is 23.7 Å². The molecule has 7 heteroatoms. The number of furan rings is 1. The molecule has 2 rings (SSSR count). The van der Waals surface area contributed by atoms with Crippen LogP contribution in [0.15, 0.2) is 27.7 Å². The summed E-state index contributed by atoms with van der Waals surface area (Å²) in [6.07, 6.45) is 1.53. The molecule has 2 heterocycles. The summed E-state index contributed by atoms with van der Waals surface area (Å²) in [6.45, 7) is 5.76. The Bertz CT molecular complexity index is 624. The van der Waals surface area contributed by atoms with E-state index in [-0.39, 0.29) is 11.4 Å². The zero-order valence-electron chi connectivity index (χ0n) is 11.2. The van der Waals surface area contributed by atoms with E-state index in [9.17, 15) is 8.42 Å². The lowest BCUT2D eigenvalue weighted by Gasteiger charge is -2.19. The van der Waals surface area contributed by atoms with E-state index in [1.54, 1.807) is 32.9 Å². The fourth-order valence-corrected chi connectivity index (χ4v) is 3.74. The van der Waals surface area contributed by atoms with Gasteiger partial charge in [-0.2, -0.15) is 9.40 Å². The number of H-pyrrole nitrogens is 1. The van der Waals surface area contributed by atoms with Crippen molar-refractivity contribution in [1.29, 1.82) is 0 Å². The molecule has 0 saturated carbocycles. The number of rotatable bonds is 5. The van der Waals surface area contributed by atoms with E-state index in [1.807, 2.05) is 0 Å². The van der Waals surface area contributed by atoms with Crippen molar-refractivity contribution >= 4 is 10.0 Å². The first-order chi connectivity index (χ1) is 8.96. The van der Waals surface area contributed by atoms with Gasteiger partial charge in [0.05, 0.1) is 24.2 Å². The van der Waals surface area contributed by atoms with Gasteiger partial charge in [0, 0.05) is 6.54 Å². The largest absolute Gasteiger partial charge is 0.468 e. The maximum atomic E-state index is 12.6. The van der Waals surface area contributed by atoms with Crippen LogP contribution in [0, 0.1) is 13.8 Å². The first kappa shape index (κ1) is 13.8. The topological polar surface area (TPSA) is 79.2 Å². The van der Waals surface area contributed by atoms with Crippen LogP contribution in [0.1, 0.15) is 24.1 Å². The fraction of sp³-hybridized carbons (Fsp3) is 0.417. The number of sulfonamides is 1. The highest BCUT2D eigenvalue weighted by Crippen LogP contribution is 2.23. The molecule has 19 heavy (non-hydrogen) atoms. The summed E-state index contributed by atoms with van der Waals surface area (Å²) in [5.41, 5.74) is 1.03. The molecule has 0 aliphatic carbocycles. The van der Waals surface area contributed by atoms with Gasteiger partial charge in [-0.25, -0.2) is 8.42 Å². The average molecular weight is 283 g/mol. The Morgan fingerprint density at radius 2 is 2.16 bits per heavy atom. The van der Waals surface area contributed by atoms with Crippen LogP contribution in [0.2, 0.25) is 0 Å². The zero-order chi connectivity index (χ0) is 14.0. The van der Waals surface area contributed by atoms with E-state index in [2.05, 4.69) is 10.2 Å². The third-order valence-electron chi connectivity index (χ3n) is 2.92. The Labute approximate surface area is 112 Å². The number of hydrogen-bond acceptors (Lipinski definition) is 4. The van der Waals surface area contributed by atoms with Crippen LogP contribution in [0.5, 0.6) is 0 Å². The lowest BCUT2D eigenvalue weighted by molar-refractivity contribution is 0.375. The molecule has 0 amide bonds. The third kappa shape index (κ3) is 2.57. The highest BCUT2D eigenvalue weighted by Gasteiger charge is 2.29. The number of aromatic nitrogens is 2. The van der Waals surface area contributed by atoms with Crippen LogP contribution in [-0.4, -0.2) is 29.5 Å². The summed E-state index contributed by atoms with van der Waals surface area (Å²) < 4.78 is 31.8. The van der Waals surface area contributed by atoms with Crippen molar-refractivity contribution < 1.29 is 12.8 Å². The Morgan fingerprint density at radius 1 is 1.42 bits per heavy atom. The molecule has 0 spiro atoms. The SMILES string of the molecule is CCN(Cc1ccco1)S(=O)(=O)c1c(C)n[nH]c1C. The third-order valence-corrected chi connectivity index (χ3v) is 5.11. The summed E-state index contributed by atoms with van der Waals surface area (Å²) in [4.78, 5) is 0.251. The van der Waals surface area contributed by atoms with Crippen molar-refractivity contribution in [2.24, 2.45) is 0 Å². The van der Waals surface area contributed by atoms with Crippen molar-refractivity contribution in [2.75, 3.05) is 6.54 Å². The first-order valence-electron chi connectivity index (χ1n) is 6.01. The van der Waals surface area contributed by atoms with Crippen LogP contribution >= 0.6 is 0 Å². The molecule has 2 aromatic heterocycles. The Balaban J connectivity index is 2.37. The van der Waals surface area contributed by atoms with E-state index in [4.69, 9.17) is 4.42 Å². The first-order valence-corrected chi connectivity index (χ1v) is 7.45. The molecule has 104 valence electrons. The van der Waals surface area contributed by atoms with Crippen LogP contribution in [-0.2, 0) is 16.6 Å². The minimum atomic E-state index is -3.57. The molecule has 0 saturated heterocycles. The van der Waals surface area contributed by atoms with Crippen LogP contribution in [0.25, 0.3) is 0 Å².